The first-order valence-corrected chi connectivity index (χ1v) is 18.3. The molecule has 252 valence electrons. The highest BCUT2D eigenvalue weighted by Gasteiger charge is 2.17. The molecule has 0 unspecified atom stereocenters. The van der Waals surface area contributed by atoms with Crippen molar-refractivity contribution in [1.82, 2.24) is 15.0 Å². The maximum absolute atomic E-state index is 5.21. The predicted molar refractivity (Wildman–Crippen MR) is 225 cm³/mol. The number of nitrogens with zero attached hydrogens (tertiary/aromatic N) is 3. The second-order valence-electron chi connectivity index (χ2n) is 13.7. The summed E-state index contributed by atoms with van der Waals surface area (Å²) in [6, 6.07) is 70.7. The van der Waals surface area contributed by atoms with Crippen LogP contribution in [-0.4, -0.2) is 15.0 Å². The monoisotopic (exact) mass is 687 g/mol. The quantitative estimate of drug-likeness (QED) is 0.175. The fourth-order valence-corrected chi connectivity index (χ4v) is 7.50. The molecule has 3 heteroatoms. The molecule has 0 aliphatic heterocycles. The van der Waals surface area contributed by atoms with Crippen molar-refractivity contribution in [2.75, 3.05) is 0 Å². The SMILES string of the molecule is c1ccc(-c2ccc(-c3nc(-c4ccccc4-c4ccc5cc(-c6ccc7ccccc7c6)ccc5c4)nc(-c4cccc5ccccc45)n3)cc2)cc1. The number of hydrogen-bond donors (Lipinski definition) is 0. The highest BCUT2D eigenvalue weighted by molar-refractivity contribution is 5.97. The molecule has 0 amide bonds. The van der Waals surface area contributed by atoms with Crippen LogP contribution < -0.4 is 0 Å². The molecule has 0 aliphatic rings. The van der Waals surface area contributed by atoms with Gasteiger partial charge < -0.3 is 0 Å². The van der Waals surface area contributed by atoms with Gasteiger partial charge in [0.2, 0.25) is 0 Å². The van der Waals surface area contributed by atoms with E-state index in [1.807, 2.05) is 6.07 Å². The van der Waals surface area contributed by atoms with Gasteiger partial charge in [-0.25, -0.2) is 15.0 Å². The topological polar surface area (TPSA) is 38.7 Å². The summed E-state index contributed by atoms with van der Waals surface area (Å²) in [6.45, 7) is 0. The minimum Gasteiger partial charge on any atom is -0.208 e. The Bertz CT molecular complexity index is 2980. The molecule has 10 rings (SSSR count). The summed E-state index contributed by atoms with van der Waals surface area (Å²) in [5.74, 6) is 1.92. The molecular weight excluding hydrogens is 655 g/mol. The summed E-state index contributed by atoms with van der Waals surface area (Å²) in [5.41, 5.74) is 9.78. The Labute approximate surface area is 313 Å². The fraction of sp³-hybridized carbons (Fsp3) is 0. The van der Waals surface area contributed by atoms with Crippen molar-refractivity contribution in [1.29, 1.82) is 0 Å². The van der Waals surface area contributed by atoms with Gasteiger partial charge in [-0.3, -0.25) is 0 Å². The minimum atomic E-state index is 0.636. The molecule has 0 radical (unpaired) electrons. The van der Waals surface area contributed by atoms with Gasteiger partial charge in [0.05, 0.1) is 0 Å². The van der Waals surface area contributed by atoms with Crippen molar-refractivity contribution in [2.45, 2.75) is 0 Å². The van der Waals surface area contributed by atoms with Crippen molar-refractivity contribution >= 4 is 32.3 Å². The van der Waals surface area contributed by atoms with E-state index in [9.17, 15) is 0 Å². The van der Waals surface area contributed by atoms with E-state index in [-0.39, 0.29) is 0 Å². The van der Waals surface area contributed by atoms with Crippen molar-refractivity contribution in [3.05, 3.63) is 200 Å². The van der Waals surface area contributed by atoms with E-state index in [0.29, 0.717) is 17.5 Å². The van der Waals surface area contributed by atoms with Gasteiger partial charge in [0.15, 0.2) is 17.5 Å². The zero-order valence-electron chi connectivity index (χ0n) is 29.4. The average Bonchev–Trinajstić information content (AvgIpc) is 3.26. The summed E-state index contributed by atoms with van der Waals surface area (Å²) in [7, 11) is 0. The van der Waals surface area contributed by atoms with E-state index in [1.54, 1.807) is 0 Å². The van der Waals surface area contributed by atoms with Gasteiger partial charge in [0, 0.05) is 16.7 Å². The van der Waals surface area contributed by atoms with Gasteiger partial charge in [-0.1, -0.05) is 182 Å². The molecule has 0 aliphatic carbocycles. The zero-order chi connectivity index (χ0) is 35.8. The molecule has 0 atom stereocenters. The van der Waals surface area contributed by atoms with Gasteiger partial charge in [0.25, 0.3) is 0 Å². The molecule has 54 heavy (non-hydrogen) atoms. The van der Waals surface area contributed by atoms with Crippen LogP contribution in [0.5, 0.6) is 0 Å². The largest absolute Gasteiger partial charge is 0.208 e. The van der Waals surface area contributed by atoms with Crippen LogP contribution in [0.15, 0.2) is 200 Å². The first-order valence-electron chi connectivity index (χ1n) is 18.3. The lowest BCUT2D eigenvalue weighted by Gasteiger charge is -2.14. The zero-order valence-corrected chi connectivity index (χ0v) is 29.4. The molecule has 0 N–H and O–H groups in total. The molecule has 9 aromatic carbocycles. The standard InChI is InChI=1S/C51H33N3/c1-2-11-34(12-3-1)36-21-24-38(25-22-36)49-52-50(54-51(53-49)48-20-10-16-37-14-6-7-17-45(37)48)47-19-9-8-18-46(47)44-30-29-42-32-41(27-28-43(42)33-44)40-26-23-35-13-4-5-15-39(35)31-40/h1-33H. The molecule has 10 aromatic rings. The summed E-state index contributed by atoms with van der Waals surface area (Å²) in [6.07, 6.45) is 0. The van der Waals surface area contributed by atoms with E-state index in [2.05, 4.69) is 194 Å². The van der Waals surface area contributed by atoms with Crippen LogP contribution in [0.25, 0.3) is 99.9 Å². The van der Waals surface area contributed by atoms with Crippen LogP contribution in [0, 0.1) is 0 Å². The third-order valence-corrected chi connectivity index (χ3v) is 10.3. The molecule has 0 fully saturated rings. The highest BCUT2D eigenvalue weighted by atomic mass is 15.0. The van der Waals surface area contributed by atoms with Gasteiger partial charge >= 0.3 is 0 Å². The summed E-state index contributed by atoms with van der Waals surface area (Å²) < 4.78 is 0. The molecule has 1 heterocycles. The van der Waals surface area contributed by atoms with Gasteiger partial charge in [-0.2, -0.15) is 0 Å². The summed E-state index contributed by atoms with van der Waals surface area (Å²) >= 11 is 0. The second-order valence-corrected chi connectivity index (χ2v) is 13.7. The van der Waals surface area contributed by atoms with Crippen molar-refractivity contribution < 1.29 is 0 Å². The minimum absolute atomic E-state index is 0.636. The molecule has 0 saturated carbocycles. The first kappa shape index (κ1) is 31.5. The molecule has 0 spiro atoms. The Hall–Kier alpha value is -7.23. The lowest BCUT2D eigenvalue weighted by Crippen LogP contribution is -2.01. The number of fused-ring (bicyclic) bond motifs is 3. The Kier molecular flexibility index (Phi) is 7.81. The van der Waals surface area contributed by atoms with Crippen LogP contribution in [0.4, 0.5) is 0 Å². The third kappa shape index (κ3) is 5.88. The van der Waals surface area contributed by atoms with E-state index in [1.165, 1.54) is 38.2 Å². The maximum Gasteiger partial charge on any atom is 0.164 e. The fourth-order valence-electron chi connectivity index (χ4n) is 7.50. The van der Waals surface area contributed by atoms with Crippen molar-refractivity contribution in [2.24, 2.45) is 0 Å². The van der Waals surface area contributed by atoms with Crippen molar-refractivity contribution in [3.63, 3.8) is 0 Å². The number of benzene rings is 9. The summed E-state index contributed by atoms with van der Waals surface area (Å²) in [4.78, 5) is 15.5. The Balaban J connectivity index is 1.08. The van der Waals surface area contributed by atoms with Gasteiger partial charge in [-0.15, -0.1) is 0 Å². The lowest BCUT2D eigenvalue weighted by molar-refractivity contribution is 1.08. The van der Waals surface area contributed by atoms with Gasteiger partial charge in [0.1, 0.15) is 0 Å². The van der Waals surface area contributed by atoms with E-state index in [0.717, 1.165) is 44.2 Å². The Morgan fingerprint density at radius 2 is 0.667 bits per heavy atom. The van der Waals surface area contributed by atoms with E-state index < -0.39 is 0 Å². The third-order valence-electron chi connectivity index (χ3n) is 10.3. The summed E-state index contributed by atoms with van der Waals surface area (Å²) in [5, 5.41) is 7.12. The smallest absolute Gasteiger partial charge is 0.164 e. The maximum atomic E-state index is 5.21. The highest BCUT2D eigenvalue weighted by Crippen LogP contribution is 2.36. The van der Waals surface area contributed by atoms with Crippen LogP contribution >= 0.6 is 0 Å². The number of rotatable bonds is 6. The second kappa shape index (κ2) is 13.4. The Morgan fingerprint density at radius 1 is 0.222 bits per heavy atom. The molecule has 0 saturated heterocycles. The molecule has 3 nitrogen and oxygen atoms in total. The van der Waals surface area contributed by atoms with E-state index in [4.69, 9.17) is 15.0 Å². The Morgan fingerprint density at radius 3 is 1.43 bits per heavy atom. The lowest BCUT2D eigenvalue weighted by atomic mass is 9.94. The van der Waals surface area contributed by atoms with Gasteiger partial charge in [-0.05, 0) is 83.9 Å². The van der Waals surface area contributed by atoms with E-state index >= 15 is 0 Å². The van der Waals surface area contributed by atoms with Crippen molar-refractivity contribution in [3.8, 4) is 67.5 Å². The van der Waals surface area contributed by atoms with Crippen LogP contribution in [0.2, 0.25) is 0 Å². The number of hydrogen-bond acceptors (Lipinski definition) is 3. The normalized spacial score (nSPS) is 11.3. The first-order chi connectivity index (χ1) is 26.7. The molecule has 1 aromatic heterocycles. The van der Waals surface area contributed by atoms with Crippen LogP contribution in [-0.2, 0) is 0 Å². The molecular formula is C51H33N3. The van der Waals surface area contributed by atoms with Crippen LogP contribution in [0.1, 0.15) is 0 Å². The van der Waals surface area contributed by atoms with Crippen LogP contribution in [0.3, 0.4) is 0 Å². The predicted octanol–water partition coefficient (Wildman–Crippen LogP) is 13.3. The molecule has 0 bridgehead atoms. The number of aromatic nitrogens is 3. The average molecular weight is 688 g/mol.